The van der Waals surface area contributed by atoms with Crippen molar-refractivity contribution >= 4 is 40.2 Å². The molecule has 3 rings (SSSR count). The van der Waals surface area contributed by atoms with Gasteiger partial charge in [0.15, 0.2) is 11.5 Å². The second-order valence-corrected chi connectivity index (χ2v) is 6.45. The highest BCUT2D eigenvalue weighted by atomic mass is 35.5. The Hall–Kier alpha value is -2.75. The van der Waals surface area contributed by atoms with Gasteiger partial charge in [-0.25, -0.2) is 14.4 Å². The predicted octanol–water partition coefficient (Wildman–Crippen LogP) is 2.78. The number of amidine groups is 1. The molecule has 0 bridgehead atoms. The maximum atomic E-state index is 13.3. The Morgan fingerprint density at radius 3 is 2.89 bits per heavy atom. The molecule has 1 aromatic carbocycles. The minimum atomic E-state index is -0.539. The molecule has 0 radical (unpaired) electrons. The van der Waals surface area contributed by atoms with Crippen molar-refractivity contribution < 1.29 is 9.60 Å². The van der Waals surface area contributed by atoms with E-state index >= 15 is 0 Å². The molecule has 0 amide bonds. The van der Waals surface area contributed by atoms with Crippen LogP contribution in [0.5, 0.6) is 0 Å². The maximum absolute atomic E-state index is 13.3. The summed E-state index contributed by atoms with van der Waals surface area (Å²) in [5.74, 6) is 0.171. The zero-order chi connectivity index (χ0) is 19.4. The number of nitrogens with one attached hydrogen (secondary N) is 3. The van der Waals surface area contributed by atoms with Crippen LogP contribution >= 0.6 is 11.6 Å². The quantitative estimate of drug-likeness (QED) is 0.293. The van der Waals surface area contributed by atoms with E-state index in [9.17, 15) is 9.60 Å². The number of hydrogen-bond donors (Lipinski definition) is 4. The molecular weight excluding hydrogens is 373 g/mol. The summed E-state index contributed by atoms with van der Waals surface area (Å²) >= 11 is 5.79. The SMILES string of the molecule is CN(C)CCNc1nc2nccc(C(=Nc3ccc(F)c(Cl)c3)NO)c2[nH]1. The van der Waals surface area contributed by atoms with E-state index in [1.165, 1.54) is 18.2 Å². The minimum absolute atomic E-state index is 0.0534. The Kier molecular flexibility index (Phi) is 5.84. The van der Waals surface area contributed by atoms with Gasteiger partial charge >= 0.3 is 0 Å². The van der Waals surface area contributed by atoms with E-state index in [4.69, 9.17) is 11.6 Å². The summed E-state index contributed by atoms with van der Waals surface area (Å²) < 4.78 is 13.3. The van der Waals surface area contributed by atoms with Crippen LogP contribution in [0.1, 0.15) is 5.56 Å². The van der Waals surface area contributed by atoms with Crippen LogP contribution in [0.25, 0.3) is 11.2 Å². The molecule has 10 heteroatoms. The summed E-state index contributed by atoms with van der Waals surface area (Å²) in [4.78, 5) is 18.1. The summed E-state index contributed by atoms with van der Waals surface area (Å²) in [6.07, 6.45) is 1.56. The van der Waals surface area contributed by atoms with Crippen molar-refractivity contribution in [1.82, 2.24) is 25.3 Å². The fraction of sp³-hybridized carbons (Fsp3) is 0.235. The first-order valence-corrected chi connectivity index (χ1v) is 8.53. The number of pyridine rings is 1. The predicted molar refractivity (Wildman–Crippen MR) is 103 cm³/mol. The van der Waals surface area contributed by atoms with Crippen LogP contribution in [0.2, 0.25) is 5.02 Å². The number of hydroxylamine groups is 1. The highest BCUT2D eigenvalue weighted by molar-refractivity contribution is 6.31. The number of aromatic nitrogens is 3. The molecule has 0 aliphatic rings. The van der Waals surface area contributed by atoms with Crippen LogP contribution in [0.15, 0.2) is 35.5 Å². The highest BCUT2D eigenvalue weighted by Crippen LogP contribution is 2.23. The first-order chi connectivity index (χ1) is 13.0. The molecule has 0 spiro atoms. The van der Waals surface area contributed by atoms with Gasteiger partial charge in [0.05, 0.1) is 16.2 Å². The average Bonchev–Trinajstić information content (AvgIpc) is 3.05. The van der Waals surface area contributed by atoms with E-state index in [1.807, 2.05) is 19.0 Å². The Morgan fingerprint density at radius 1 is 1.37 bits per heavy atom. The molecule has 0 aliphatic carbocycles. The highest BCUT2D eigenvalue weighted by Gasteiger charge is 2.13. The van der Waals surface area contributed by atoms with E-state index in [-0.39, 0.29) is 10.9 Å². The van der Waals surface area contributed by atoms with E-state index < -0.39 is 5.82 Å². The fourth-order valence-electron chi connectivity index (χ4n) is 2.42. The monoisotopic (exact) mass is 391 g/mol. The number of hydrogen-bond acceptors (Lipinski definition) is 6. The third-order valence-corrected chi connectivity index (χ3v) is 4.04. The van der Waals surface area contributed by atoms with E-state index in [1.54, 1.807) is 12.3 Å². The molecule has 3 aromatic rings. The molecule has 0 saturated carbocycles. The summed E-state index contributed by atoms with van der Waals surface area (Å²) in [7, 11) is 3.97. The van der Waals surface area contributed by atoms with Gasteiger partial charge in [-0.05, 0) is 38.4 Å². The van der Waals surface area contributed by atoms with Crippen LogP contribution in [-0.2, 0) is 0 Å². The molecule has 0 fully saturated rings. The molecule has 4 N–H and O–H groups in total. The van der Waals surface area contributed by atoms with Crippen molar-refractivity contribution in [3.05, 3.63) is 46.9 Å². The number of imidazole rings is 1. The van der Waals surface area contributed by atoms with Crippen molar-refractivity contribution in [3.8, 4) is 0 Å². The van der Waals surface area contributed by atoms with Gasteiger partial charge in [-0.15, -0.1) is 0 Å². The van der Waals surface area contributed by atoms with E-state index in [2.05, 4.69) is 30.7 Å². The molecule has 8 nitrogen and oxygen atoms in total. The van der Waals surface area contributed by atoms with Gasteiger partial charge < -0.3 is 15.2 Å². The molecule has 27 heavy (non-hydrogen) atoms. The van der Waals surface area contributed by atoms with Crippen LogP contribution in [0.4, 0.5) is 16.0 Å². The lowest BCUT2D eigenvalue weighted by atomic mass is 10.2. The Bertz CT molecular complexity index is 973. The summed E-state index contributed by atoms with van der Waals surface area (Å²) in [5, 5.41) is 12.7. The van der Waals surface area contributed by atoms with Crippen molar-refractivity contribution in [2.45, 2.75) is 0 Å². The van der Waals surface area contributed by atoms with Gasteiger partial charge in [0.25, 0.3) is 0 Å². The topological polar surface area (TPSA) is 101 Å². The lowest BCUT2D eigenvalue weighted by Gasteiger charge is -2.09. The molecule has 2 heterocycles. The Morgan fingerprint density at radius 2 is 2.19 bits per heavy atom. The van der Waals surface area contributed by atoms with Gasteiger partial charge in [0.2, 0.25) is 5.95 Å². The third-order valence-electron chi connectivity index (χ3n) is 3.75. The Balaban J connectivity index is 1.94. The van der Waals surface area contributed by atoms with E-state index in [0.29, 0.717) is 34.9 Å². The first-order valence-electron chi connectivity index (χ1n) is 8.15. The van der Waals surface area contributed by atoms with Crippen molar-refractivity contribution in [2.24, 2.45) is 4.99 Å². The standard InChI is InChI=1S/C17H19ClFN7O/c1-26(2)8-7-21-17-23-14-11(5-6-20-16(14)24-17)15(25-27)22-10-3-4-13(19)12(18)9-10/h3-6,9,27H,7-8H2,1-2H3,(H,22,25)(H2,20,21,23,24). The maximum Gasteiger partial charge on any atom is 0.202 e. The lowest BCUT2D eigenvalue weighted by Crippen LogP contribution is -2.21. The number of aliphatic imine (C=N–C) groups is 1. The van der Waals surface area contributed by atoms with Crippen LogP contribution in [-0.4, -0.2) is 58.1 Å². The van der Waals surface area contributed by atoms with E-state index in [0.717, 1.165) is 6.54 Å². The smallest absolute Gasteiger partial charge is 0.202 e. The largest absolute Gasteiger partial charge is 0.354 e. The molecule has 142 valence electrons. The van der Waals surface area contributed by atoms with Gasteiger partial charge in [0.1, 0.15) is 5.82 Å². The zero-order valence-electron chi connectivity index (χ0n) is 14.8. The van der Waals surface area contributed by atoms with Gasteiger partial charge in [-0.1, -0.05) is 11.6 Å². The first kappa shape index (κ1) is 19.0. The second-order valence-electron chi connectivity index (χ2n) is 6.04. The van der Waals surface area contributed by atoms with Gasteiger partial charge in [-0.2, -0.15) is 4.98 Å². The summed E-state index contributed by atoms with van der Waals surface area (Å²) in [6, 6.07) is 5.71. The molecule has 0 unspecified atom stereocenters. The molecule has 2 aromatic heterocycles. The van der Waals surface area contributed by atoms with Crippen molar-refractivity contribution in [1.29, 1.82) is 0 Å². The number of benzene rings is 1. The van der Waals surface area contributed by atoms with Crippen LogP contribution in [0, 0.1) is 5.82 Å². The number of nitrogens with zero attached hydrogens (tertiary/aromatic N) is 4. The molecule has 0 saturated heterocycles. The number of H-pyrrole nitrogens is 1. The number of fused-ring (bicyclic) bond motifs is 1. The second kappa shape index (κ2) is 8.30. The molecule has 0 aliphatic heterocycles. The van der Waals surface area contributed by atoms with Gasteiger partial charge in [0, 0.05) is 24.8 Å². The number of aromatic amines is 1. The summed E-state index contributed by atoms with van der Waals surface area (Å²) in [5.41, 5.74) is 4.07. The normalized spacial score (nSPS) is 12.0. The molecule has 0 atom stereocenters. The lowest BCUT2D eigenvalue weighted by molar-refractivity contribution is 0.235. The summed E-state index contributed by atoms with van der Waals surface area (Å²) in [6.45, 7) is 1.54. The van der Waals surface area contributed by atoms with Gasteiger partial charge in [-0.3, -0.25) is 10.7 Å². The van der Waals surface area contributed by atoms with Crippen molar-refractivity contribution in [2.75, 3.05) is 32.5 Å². The number of anilines is 1. The zero-order valence-corrected chi connectivity index (χ0v) is 15.5. The third kappa shape index (κ3) is 4.51. The Labute approximate surface area is 160 Å². The van der Waals surface area contributed by atoms with Crippen LogP contribution in [0.3, 0.4) is 0 Å². The number of halogens is 2. The molecular formula is C17H19ClFN7O. The average molecular weight is 392 g/mol. The number of rotatable bonds is 6. The number of likely N-dealkylation sites (N-methyl/N-ethyl adjacent to an activating group) is 1. The minimum Gasteiger partial charge on any atom is -0.354 e. The fourth-order valence-corrected chi connectivity index (χ4v) is 2.59. The van der Waals surface area contributed by atoms with Crippen molar-refractivity contribution in [3.63, 3.8) is 0 Å². The van der Waals surface area contributed by atoms with Crippen LogP contribution < -0.4 is 10.8 Å².